The summed E-state index contributed by atoms with van der Waals surface area (Å²) in [5, 5.41) is 14.6. The quantitative estimate of drug-likeness (QED) is 0.636. The number of nitrogens with one attached hydrogen (secondary N) is 1. The van der Waals surface area contributed by atoms with Crippen molar-refractivity contribution in [1.29, 1.82) is 0 Å². The van der Waals surface area contributed by atoms with Crippen LogP contribution in [0.1, 0.15) is 5.56 Å². The molecule has 1 heterocycles. The number of methoxy groups -OCH3 is 1. The van der Waals surface area contributed by atoms with Crippen molar-refractivity contribution >= 4 is 17.5 Å². The van der Waals surface area contributed by atoms with Crippen molar-refractivity contribution in [1.82, 2.24) is 25.1 Å². The fourth-order valence-electron chi connectivity index (χ4n) is 2.66. The van der Waals surface area contributed by atoms with Crippen LogP contribution in [0.4, 0.5) is 10.1 Å². The highest BCUT2D eigenvalue weighted by atomic mass is 19.1. The Morgan fingerprint density at radius 2 is 2.03 bits per heavy atom. The molecule has 0 unspecified atom stereocenters. The Kier molecular flexibility index (Phi) is 6.35. The van der Waals surface area contributed by atoms with Gasteiger partial charge < -0.3 is 15.0 Å². The molecule has 9 nitrogen and oxygen atoms in total. The molecule has 0 saturated carbocycles. The Balaban J connectivity index is 1.57. The second-order valence-electron chi connectivity index (χ2n) is 6.64. The van der Waals surface area contributed by atoms with Crippen LogP contribution in [0.5, 0.6) is 5.75 Å². The minimum absolute atomic E-state index is 0.144. The van der Waals surface area contributed by atoms with Gasteiger partial charge in [0.1, 0.15) is 18.1 Å². The Morgan fingerprint density at radius 3 is 2.77 bits per heavy atom. The molecular formula is C20H21FN6O3. The molecule has 0 radical (unpaired) electrons. The molecule has 2 amide bonds. The van der Waals surface area contributed by atoms with Gasteiger partial charge in [-0.3, -0.25) is 9.59 Å². The molecule has 0 aliphatic rings. The summed E-state index contributed by atoms with van der Waals surface area (Å²) in [5.74, 6) is -0.149. The van der Waals surface area contributed by atoms with E-state index < -0.39 is 0 Å². The third kappa shape index (κ3) is 5.16. The Bertz CT molecular complexity index is 1070. The molecule has 30 heavy (non-hydrogen) atoms. The number of aromatic nitrogens is 4. The van der Waals surface area contributed by atoms with Crippen molar-refractivity contribution in [3.63, 3.8) is 0 Å². The van der Waals surface area contributed by atoms with Gasteiger partial charge in [-0.15, -0.1) is 10.2 Å². The first-order valence-electron chi connectivity index (χ1n) is 9.08. The molecule has 0 atom stereocenters. The molecule has 0 bridgehead atoms. The number of aryl methyl sites for hydroxylation is 1. The monoisotopic (exact) mass is 412 g/mol. The third-order valence-corrected chi connectivity index (χ3v) is 4.31. The number of carbonyl (C=O) groups excluding carboxylic acids is 2. The van der Waals surface area contributed by atoms with Gasteiger partial charge in [-0.1, -0.05) is 6.07 Å². The standard InChI is InChI=1S/C20H21FN6O3/c1-13-9-14(7-8-17(13)21)20-23-25-27(24-20)12-19(29)26(2)11-18(28)22-15-5-4-6-16(10-15)30-3/h4-10H,11-12H2,1-3H3,(H,22,28). The second kappa shape index (κ2) is 9.12. The first-order chi connectivity index (χ1) is 14.4. The normalized spacial score (nSPS) is 10.5. The van der Waals surface area contributed by atoms with Crippen LogP contribution in [0.2, 0.25) is 0 Å². The van der Waals surface area contributed by atoms with Crippen LogP contribution in [0.25, 0.3) is 11.4 Å². The number of rotatable bonds is 7. The van der Waals surface area contributed by atoms with Crippen LogP contribution in [0.3, 0.4) is 0 Å². The van der Waals surface area contributed by atoms with Crippen molar-refractivity contribution in [3.05, 3.63) is 53.8 Å². The summed E-state index contributed by atoms with van der Waals surface area (Å²) in [6.07, 6.45) is 0. The van der Waals surface area contributed by atoms with Crippen molar-refractivity contribution in [2.24, 2.45) is 0 Å². The van der Waals surface area contributed by atoms with Gasteiger partial charge in [0.15, 0.2) is 0 Å². The number of amides is 2. The number of halogens is 1. The summed E-state index contributed by atoms with van der Waals surface area (Å²) in [7, 11) is 3.04. The van der Waals surface area contributed by atoms with Crippen LogP contribution in [0.15, 0.2) is 42.5 Å². The van der Waals surface area contributed by atoms with E-state index in [1.54, 1.807) is 43.3 Å². The summed E-state index contributed by atoms with van der Waals surface area (Å²) in [6.45, 7) is 1.31. The molecule has 0 fully saturated rings. The average molecular weight is 412 g/mol. The van der Waals surface area contributed by atoms with Crippen LogP contribution < -0.4 is 10.1 Å². The number of tetrazole rings is 1. The minimum atomic E-state index is -0.366. The molecule has 0 aliphatic carbocycles. The summed E-state index contributed by atoms with van der Waals surface area (Å²) in [6, 6.07) is 11.4. The number of ether oxygens (including phenoxy) is 1. The molecule has 2 aromatic carbocycles. The minimum Gasteiger partial charge on any atom is -0.497 e. The maximum atomic E-state index is 13.4. The molecule has 0 saturated heterocycles. The van der Waals surface area contributed by atoms with Gasteiger partial charge in [0.25, 0.3) is 0 Å². The second-order valence-corrected chi connectivity index (χ2v) is 6.64. The SMILES string of the molecule is COc1cccc(NC(=O)CN(C)C(=O)Cn2nnc(-c3ccc(F)c(C)c3)n2)c1. The zero-order valence-corrected chi connectivity index (χ0v) is 16.8. The highest BCUT2D eigenvalue weighted by Crippen LogP contribution is 2.18. The summed E-state index contributed by atoms with van der Waals surface area (Å²) >= 11 is 0. The summed E-state index contributed by atoms with van der Waals surface area (Å²) in [5.41, 5.74) is 1.62. The van der Waals surface area contributed by atoms with Crippen LogP contribution in [0, 0.1) is 12.7 Å². The maximum Gasteiger partial charge on any atom is 0.246 e. The van der Waals surface area contributed by atoms with E-state index in [2.05, 4.69) is 20.7 Å². The van der Waals surface area contributed by atoms with Crippen LogP contribution in [-0.2, 0) is 16.1 Å². The number of benzene rings is 2. The van der Waals surface area contributed by atoms with E-state index in [4.69, 9.17) is 4.74 Å². The predicted molar refractivity (Wildman–Crippen MR) is 107 cm³/mol. The van der Waals surface area contributed by atoms with Gasteiger partial charge in [0, 0.05) is 24.4 Å². The maximum absolute atomic E-state index is 13.4. The summed E-state index contributed by atoms with van der Waals surface area (Å²) < 4.78 is 18.5. The lowest BCUT2D eigenvalue weighted by Crippen LogP contribution is -2.37. The summed E-state index contributed by atoms with van der Waals surface area (Å²) in [4.78, 5) is 27.0. The lowest BCUT2D eigenvalue weighted by atomic mass is 10.1. The van der Waals surface area contributed by atoms with Crippen LogP contribution >= 0.6 is 0 Å². The topological polar surface area (TPSA) is 102 Å². The van der Waals surface area contributed by atoms with Gasteiger partial charge in [0.05, 0.1) is 13.7 Å². The third-order valence-electron chi connectivity index (χ3n) is 4.31. The molecule has 3 aromatic rings. The molecule has 156 valence electrons. The number of nitrogens with zero attached hydrogens (tertiary/aromatic N) is 5. The van der Waals surface area contributed by atoms with Crippen molar-refractivity contribution in [2.75, 3.05) is 26.0 Å². The molecule has 1 N–H and O–H groups in total. The van der Waals surface area contributed by atoms with E-state index in [1.165, 1.54) is 25.1 Å². The molecular weight excluding hydrogens is 391 g/mol. The smallest absolute Gasteiger partial charge is 0.246 e. The largest absolute Gasteiger partial charge is 0.497 e. The Hall–Kier alpha value is -3.82. The van der Waals surface area contributed by atoms with E-state index in [0.717, 1.165) is 4.80 Å². The predicted octanol–water partition coefficient (Wildman–Crippen LogP) is 1.89. The first-order valence-corrected chi connectivity index (χ1v) is 9.08. The molecule has 0 aliphatic heterocycles. The first kappa shape index (κ1) is 20.9. The van der Waals surface area contributed by atoms with Gasteiger partial charge >= 0.3 is 0 Å². The van der Waals surface area contributed by atoms with Crippen molar-refractivity contribution in [2.45, 2.75) is 13.5 Å². The van der Waals surface area contributed by atoms with E-state index in [1.807, 2.05) is 0 Å². The number of hydrogen-bond donors (Lipinski definition) is 1. The molecule has 10 heteroatoms. The van der Waals surface area contributed by atoms with Crippen LogP contribution in [-0.4, -0.2) is 57.6 Å². The van der Waals surface area contributed by atoms with Crippen molar-refractivity contribution < 1.29 is 18.7 Å². The van der Waals surface area contributed by atoms with Gasteiger partial charge in [-0.25, -0.2) is 4.39 Å². The fourth-order valence-corrected chi connectivity index (χ4v) is 2.66. The average Bonchev–Trinajstić information content (AvgIpc) is 3.18. The zero-order valence-electron chi connectivity index (χ0n) is 16.8. The lowest BCUT2D eigenvalue weighted by Gasteiger charge is -2.16. The van der Waals surface area contributed by atoms with Gasteiger partial charge in [-0.2, -0.15) is 4.80 Å². The molecule has 0 spiro atoms. The van der Waals surface area contributed by atoms with E-state index in [0.29, 0.717) is 22.6 Å². The van der Waals surface area contributed by atoms with Gasteiger partial charge in [0.2, 0.25) is 17.6 Å². The lowest BCUT2D eigenvalue weighted by molar-refractivity contribution is -0.134. The molecule has 1 aromatic heterocycles. The van der Waals surface area contributed by atoms with E-state index in [9.17, 15) is 14.0 Å². The number of hydrogen-bond acceptors (Lipinski definition) is 6. The highest BCUT2D eigenvalue weighted by molar-refractivity contribution is 5.94. The van der Waals surface area contributed by atoms with Crippen molar-refractivity contribution in [3.8, 4) is 17.1 Å². The van der Waals surface area contributed by atoms with Gasteiger partial charge in [-0.05, 0) is 48.0 Å². The van der Waals surface area contributed by atoms with E-state index in [-0.39, 0.29) is 36.5 Å². The van der Waals surface area contributed by atoms with E-state index >= 15 is 0 Å². The molecule has 3 rings (SSSR count). The number of carbonyl (C=O) groups is 2. The zero-order chi connectivity index (χ0) is 21.7. The number of likely N-dealkylation sites (N-methyl/N-ethyl adjacent to an activating group) is 1. The number of anilines is 1. The Morgan fingerprint density at radius 1 is 1.23 bits per heavy atom. The fraction of sp³-hybridized carbons (Fsp3) is 0.250. The highest BCUT2D eigenvalue weighted by Gasteiger charge is 2.16. The Labute approximate surface area is 172 Å².